The van der Waals surface area contributed by atoms with Gasteiger partial charge in [-0.05, 0) is 37.5 Å². The van der Waals surface area contributed by atoms with Crippen molar-refractivity contribution in [1.29, 1.82) is 0 Å². The van der Waals surface area contributed by atoms with Crippen LogP contribution in [0.1, 0.15) is 25.3 Å². The molecule has 1 N–H and O–H groups in total. The topological polar surface area (TPSA) is 55.4 Å². The summed E-state index contributed by atoms with van der Waals surface area (Å²) < 4.78 is 5.02. The van der Waals surface area contributed by atoms with E-state index in [1.807, 2.05) is 12.1 Å². The second kappa shape index (κ2) is 6.57. The van der Waals surface area contributed by atoms with Crippen molar-refractivity contribution in [3.63, 3.8) is 0 Å². The fourth-order valence-corrected chi connectivity index (χ4v) is 1.78. The van der Waals surface area contributed by atoms with Crippen LogP contribution < -0.4 is 5.32 Å². The number of hydrogen-bond donors (Lipinski definition) is 1. The van der Waals surface area contributed by atoms with Gasteiger partial charge in [-0.3, -0.25) is 4.79 Å². The molecule has 1 amide bonds. The van der Waals surface area contributed by atoms with Crippen molar-refractivity contribution < 1.29 is 14.3 Å². The molecule has 1 aromatic carbocycles. The van der Waals surface area contributed by atoms with Crippen molar-refractivity contribution >= 4 is 29.6 Å². The lowest BCUT2D eigenvalue weighted by molar-refractivity contribution is -0.150. The summed E-state index contributed by atoms with van der Waals surface area (Å²) in [6, 6.07) is 7.40. The number of carbonyl (C=O) groups excluding carboxylic acids is 2. The van der Waals surface area contributed by atoms with Gasteiger partial charge >= 0.3 is 5.97 Å². The summed E-state index contributed by atoms with van der Waals surface area (Å²) >= 11 is 5.96. The molecule has 5 heteroatoms. The highest BCUT2D eigenvalue weighted by Crippen LogP contribution is 2.19. The highest BCUT2D eigenvalue weighted by molar-refractivity contribution is 6.32. The van der Waals surface area contributed by atoms with E-state index in [-0.39, 0.29) is 11.9 Å². The predicted octanol–water partition coefficient (Wildman–Crippen LogP) is 2.56. The van der Waals surface area contributed by atoms with Gasteiger partial charge in [0, 0.05) is 17.1 Å². The molecule has 20 heavy (non-hydrogen) atoms. The van der Waals surface area contributed by atoms with Gasteiger partial charge in [-0.2, -0.15) is 0 Å². The highest BCUT2D eigenvalue weighted by atomic mass is 35.5. The van der Waals surface area contributed by atoms with Crippen LogP contribution in [-0.4, -0.2) is 24.0 Å². The molecule has 0 bridgehead atoms. The first-order chi connectivity index (χ1) is 9.56. The Hall–Kier alpha value is -1.81. The van der Waals surface area contributed by atoms with Crippen molar-refractivity contribution in [3.8, 4) is 0 Å². The Bertz CT molecular complexity index is 538. The zero-order valence-corrected chi connectivity index (χ0v) is 11.9. The van der Waals surface area contributed by atoms with Gasteiger partial charge < -0.3 is 10.1 Å². The third-order valence-corrected chi connectivity index (χ3v) is 3.23. The van der Waals surface area contributed by atoms with Crippen molar-refractivity contribution in [2.75, 3.05) is 0 Å². The molecule has 1 fully saturated rings. The molecule has 1 aromatic rings. The average Bonchev–Trinajstić information content (AvgIpc) is 3.21. The zero-order chi connectivity index (χ0) is 14.5. The smallest absolute Gasteiger partial charge is 0.331 e. The molecule has 106 valence electrons. The third kappa shape index (κ3) is 4.38. The number of rotatable bonds is 5. The number of halogens is 1. The van der Waals surface area contributed by atoms with Gasteiger partial charge in [-0.1, -0.05) is 29.8 Å². The summed E-state index contributed by atoms with van der Waals surface area (Å²) in [5, 5.41) is 3.33. The van der Waals surface area contributed by atoms with E-state index in [2.05, 4.69) is 5.32 Å². The van der Waals surface area contributed by atoms with Crippen LogP contribution in [0.15, 0.2) is 30.3 Å². The van der Waals surface area contributed by atoms with Crippen LogP contribution in [0.4, 0.5) is 0 Å². The maximum Gasteiger partial charge on any atom is 0.331 e. The largest absolute Gasteiger partial charge is 0.449 e. The van der Waals surface area contributed by atoms with E-state index < -0.39 is 12.1 Å². The Kier molecular flexibility index (Phi) is 4.79. The summed E-state index contributed by atoms with van der Waals surface area (Å²) in [5.74, 6) is -0.824. The molecule has 2 rings (SSSR count). The SMILES string of the molecule is C[C@@H](OC(=O)/C=C/c1ccccc1Cl)C(=O)NC1CC1. The maximum atomic E-state index is 11.6. The minimum atomic E-state index is -0.793. The number of hydrogen-bond acceptors (Lipinski definition) is 3. The van der Waals surface area contributed by atoms with E-state index >= 15 is 0 Å². The molecule has 1 saturated carbocycles. The third-order valence-electron chi connectivity index (χ3n) is 2.89. The van der Waals surface area contributed by atoms with Crippen molar-refractivity contribution in [2.45, 2.75) is 31.9 Å². The second-order valence-corrected chi connectivity index (χ2v) is 5.12. The first kappa shape index (κ1) is 14.6. The van der Waals surface area contributed by atoms with Gasteiger partial charge in [-0.15, -0.1) is 0 Å². The molecule has 0 spiro atoms. The van der Waals surface area contributed by atoms with Gasteiger partial charge in [0.2, 0.25) is 0 Å². The minimum Gasteiger partial charge on any atom is -0.449 e. The standard InChI is InChI=1S/C15H16ClNO3/c1-10(15(19)17-12-7-8-12)20-14(18)9-6-11-4-2-3-5-13(11)16/h2-6,9-10,12H,7-8H2,1H3,(H,17,19)/b9-6+/t10-/m1/s1. The van der Waals surface area contributed by atoms with E-state index in [0.29, 0.717) is 5.02 Å². The van der Waals surface area contributed by atoms with Crippen molar-refractivity contribution in [2.24, 2.45) is 0 Å². The molecule has 0 aromatic heterocycles. The van der Waals surface area contributed by atoms with E-state index in [4.69, 9.17) is 16.3 Å². The van der Waals surface area contributed by atoms with Crippen LogP contribution in [0, 0.1) is 0 Å². The maximum absolute atomic E-state index is 11.6. The lowest BCUT2D eigenvalue weighted by Crippen LogP contribution is -2.36. The quantitative estimate of drug-likeness (QED) is 0.670. The van der Waals surface area contributed by atoms with Crippen molar-refractivity contribution in [3.05, 3.63) is 40.9 Å². The summed E-state index contributed by atoms with van der Waals surface area (Å²) in [6.45, 7) is 1.55. The van der Waals surface area contributed by atoms with Gasteiger partial charge in [0.1, 0.15) is 0 Å². The number of nitrogens with one attached hydrogen (secondary N) is 1. The molecule has 1 aliphatic carbocycles. The molecular formula is C15H16ClNO3. The van der Waals surface area contributed by atoms with Crippen LogP contribution in [0.2, 0.25) is 5.02 Å². The first-order valence-corrected chi connectivity index (χ1v) is 6.87. The second-order valence-electron chi connectivity index (χ2n) is 4.72. The highest BCUT2D eigenvalue weighted by Gasteiger charge is 2.26. The van der Waals surface area contributed by atoms with E-state index in [1.165, 1.54) is 6.08 Å². The number of benzene rings is 1. The van der Waals surface area contributed by atoms with Gasteiger partial charge in [0.05, 0.1) is 0 Å². The van der Waals surface area contributed by atoms with Crippen LogP contribution in [0.5, 0.6) is 0 Å². The molecule has 0 saturated heterocycles. The minimum absolute atomic E-state index is 0.252. The summed E-state index contributed by atoms with van der Waals surface area (Å²) in [4.78, 5) is 23.2. The molecule has 1 aliphatic rings. The number of amides is 1. The monoisotopic (exact) mass is 293 g/mol. The Labute approximate surface area is 122 Å². The Morgan fingerprint density at radius 3 is 2.75 bits per heavy atom. The van der Waals surface area contributed by atoms with E-state index in [1.54, 1.807) is 25.1 Å². The lowest BCUT2D eigenvalue weighted by atomic mass is 10.2. The van der Waals surface area contributed by atoms with Gasteiger partial charge in [-0.25, -0.2) is 4.79 Å². The van der Waals surface area contributed by atoms with E-state index in [0.717, 1.165) is 18.4 Å². The molecule has 4 nitrogen and oxygen atoms in total. The van der Waals surface area contributed by atoms with Gasteiger partial charge in [0.15, 0.2) is 6.10 Å². The Morgan fingerprint density at radius 1 is 1.40 bits per heavy atom. The van der Waals surface area contributed by atoms with Crippen LogP contribution in [-0.2, 0) is 14.3 Å². The fraction of sp³-hybridized carbons (Fsp3) is 0.333. The molecule has 1 atom stereocenters. The number of carbonyl (C=O) groups is 2. The van der Waals surface area contributed by atoms with Gasteiger partial charge in [0.25, 0.3) is 5.91 Å². The zero-order valence-electron chi connectivity index (χ0n) is 11.1. The Balaban J connectivity index is 1.85. The summed E-state index contributed by atoms with van der Waals surface area (Å²) in [6.07, 6.45) is 4.04. The normalized spacial score (nSPS) is 15.9. The average molecular weight is 294 g/mol. The van der Waals surface area contributed by atoms with Crippen LogP contribution in [0.25, 0.3) is 6.08 Å². The number of esters is 1. The predicted molar refractivity (Wildman–Crippen MR) is 77.2 cm³/mol. The fourth-order valence-electron chi connectivity index (χ4n) is 1.58. The molecule has 0 aliphatic heterocycles. The molecule has 0 heterocycles. The molecule has 0 unspecified atom stereocenters. The summed E-state index contributed by atoms with van der Waals surface area (Å²) in [7, 11) is 0. The molecular weight excluding hydrogens is 278 g/mol. The van der Waals surface area contributed by atoms with Crippen LogP contribution >= 0.6 is 11.6 Å². The van der Waals surface area contributed by atoms with Crippen LogP contribution in [0.3, 0.4) is 0 Å². The Morgan fingerprint density at radius 2 is 2.10 bits per heavy atom. The van der Waals surface area contributed by atoms with E-state index in [9.17, 15) is 9.59 Å². The summed E-state index contributed by atoms with van der Waals surface area (Å²) in [5.41, 5.74) is 0.723. The molecule has 0 radical (unpaired) electrons. The van der Waals surface area contributed by atoms with Crippen molar-refractivity contribution in [1.82, 2.24) is 5.32 Å². The lowest BCUT2D eigenvalue weighted by Gasteiger charge is -2.11. The number of ether oxygens (including phenoxy) is 1. The first-order valence-electron chi connectivity index (χ1n) is 6.50.